The number of amides is 1. The van der Waals surface area contributed by atoms with Gasteiger partial charge in [-0.1, -0.05) is 0 Å². The van der Waals surface area contributed by atoms with Crippen LogP contribution in [0, 0.1) is 0 Å². The van der Waals surface area contributed by atoms with Crippen molar-refractivity contribution in [3.8, 4) is 0 Å². The lowest BCUT2D eigenvalue weighted by Crippen LogP contribution is -2.39. The molecule has 2 aliphatic rings. The molecule has 0 saturated carbocycles. The second-order valence-corrected chi connectivity index (χ2v) is 6.03. The maximum atomic E-state index is 12.5. The predicted molar refractivity (Wildman–Crippen MR) is 70.8 cm³/mol. The largest absolute Gasteiger partial charge is 0.376 e. The number of fused-ring (bicyclic) bond motifs is 1. The number of nitrogens with two attached hydrogens (primary N) is 1. The Morgan fingerprint density at radius 1 is 1.61 bits per heavy atom. The van der Waals surface area contributed by atoms with E-state index in [0.717, 1.165) is 37.3 Å². The molecule has 2 N–H and O–H groups in total. The van der Waals surface area contributed by atoms with Crippen molar-refractivity contribution in [1.82, 2.24) is 4.90 Å². The Bertz CT molecular complexity index is 434. The molecule has 1 amide bonds. The number of thiophene rings is 1. The first-order chi connectivity index (χ1) is 8.79. The van der Waals surface area contributed by atoms with Gasteiger partial charge in [0, 0.05) is 30.4 Å². The van der Waals surface area contributed by atoms with Crippen molar-refractivity contribution in [2.45, 2.75) is 31.9 Å². The highest BCUT2D eigenvalue weighted by Crippen LogP contribution is 2.29. The summed E-state index contributed by atoms with van der Waals surface area (Å²) in [5.41, 5.74) is 6.92. The number of carbonyl (C=O) groups is 1. The Morgan fingerprint density at radius 2 is 2.50 bits per heavy atom. The number of hydrogen-bond donors (Lipinski definition) is 1. The van der Waals surface area contributed by atoms with E-state index < -0.39 is 0 Å². The highest BCUT2D eigenvalue weighted by atomic mass is 32.1. The van der Waals surface area contributed by atoms with Gasteiger partial charge < -0.3 is 15.4 Å². The molecule has 1 saturated heterocycles. The number of rotatable bonds is 2. The van der Waals surface area contributed by atoms with Crippen LogP contribution in [0.3, 0.4) is 0 Å². The summed E-state index contributed by atoms with van der Waals surface area (Å²) in [6.07, 6.45) is 3.05. The van der Waals surface area contributed by atoms with E-state index in [2.05, 4.69) is 0 Å². The molecular formula is C13H18N2O2S. The zero-order valence-electron chi connectivity index (χ0n) is 10.4. The van der Waals surface area contributed by atoms with Gasteiger partial charge in [-0.05, 0) is 24.5 Å². The highest BCUT2D eigenvalue weighted by Gasteiger charge is 2.30. The fourth-order valence-electron chi connectivity index (χ4n) is 2.74. The van der Waals surface area contributed by atoms with Gasteiger partial charge in [0.1, 0.15) is 0 Å². The smallest absolute Gasteiger partial charge is 0.264 e. The molecule has 1 aromatic rings. The van der Waals surface area contributed by atoms with Crippen molar-refractivity contribution in [2.24, 2.45) is 5.73 Å². The molecule has 0 spiro atoms. The number of ether oxygens (including phenoxy) is 1. The van der Waals surface area contributed by atoms with Gasteiger partial charge in [-0.2, -0.15) is 0 Å². The number of likely N-dealkylation sites (tertiary alicyclic amines) is 1. The fourth-order valence-corrected chi connectivity index (χ4v) is 3.85. The Hall–Kier alpha value is -0.910. The van der Waals surface area contributed by atoms with E-state index in [1.165, 1.54) is 10.4 Å². The van der Waals surface area contributed by atoms with Gasteiger partial charge in [0.2, 0.25) is 0 Å². The van der Waals surface area contributed by atoms with Crippen LogP contribution in [0.15, 0.2) is 6.07 Å². The average Bonchev–Trinajstić information content (AvgIpc) is 3.03. The molecule has 98 valence electrons. The van der Waals surface area contributed by atoms with Crippen LogP contribution < -0.4 is 5.73 Å². The molecule has 1 unspecified atom stereocenters. The van der Waals surface area contributed by atoms with E-state index in [-0.39, 0.29) is 11.9 Å². The predicted octanol–water partition coefficient (Wildman–Crippen LogP) is 1.38. The molecular weight excluding hydrogens is 248 g/mol. The molecule has 5 heteroatoms. The van der Waals surface area contributed by atoms with Crippen molar-refractivity contribution in [3.63, 3.8) is 0 Å². The summed E-state index contributed by atoms with van der Waals surface area (Å²) < 4.78 is 5.42. The van der Waals surface area contributed by atoms with E-state index in [4.69, 9.17) is 10.5 Å². The Morgan fingerprint density at radius 3 is 3.28 bits per heavy atom. The minimum Gasteiger partial charge on any atom is -0.376 e. The minimum absolute atomic E-state index is 0.155. The summed E-state index contributed by atoms with van der Waals surface area (Å²) in [5.74, 6) is 0.155. The molecule has 3 rings (SSSR count). The Kier molecular flexibility index (Phi) is 3.37. The Labute approximate surface area is 111 Å². The summed E-state index contributed by atoms with van der Waals surface area (Å²) in [7, 11) is 0. The van der Waals surface area contributed by atoms with Crippen molar-refractivity contribution in [3.05, 3.63) is 21.4 Å². The van der Waals surface area contributed by atoms with E-state index in [9.17, 15) is 4.79 Å². The molecule has 0 aromatic carbocycles. The van der Waals surface area contributed by atoms with Crippen LogP contribution >= 0.6 is 11.3 Å². The third-order valence-corrected chi connectivity index (χ3v) is 4.97. The van der Waals surface area contributed by atoms with E-state index >= 15 is 0 Å². The third kappa shape index (κ3) is 2.06. The summed E-state index contributed by atoms with van der Waals surface area (Å²) in [6.45, 7) is 2.84. The molecule has 0 bridgehead atoms. The second kappa shape index (κ2) is 4.99. The molecule has 0 radical (unpaired) electrons. The van der Waals surface area contributed by atoms with E-state index in [1.54, 1.807) is 11.3 Å². The van der Waals surface area contributed by atoms with Gasteiger partial charge in [-0.25, -0.2) is 0 Å². The van der Waals surface area contributed by atoms with Crippen molar-refractivity contribution in [1.29, 1.82) is 0 Å². The van der Waals surface area contributed by atoms with Gasteiger partial charge >= 0.3 is 0 Å². The van der Waals surface area contributed by atoms with Crippen LogP contribution in [-0.2, 0) is 17.8 Å². The second-order valence-electron chi connectivity index (χ2n) is 4.89. The Balaban J connectivity index is 1.81. The first-order valence-corrected chi connectivity index (χ1v) is 7.31. The normalized spacial score (nSPS) is 23.2. The quantitative estimate of drug-likeness (QED) is 0.880. The third-order valence-electron chi connectivity index (χ3n) is 3.75. The summed E-state index contributed by atoms with van der Waals surface area (Å²) in [6, 6.07) is 2.24. The van der Waals surface area contributed by atoms with Gasteiger partial charge in [-0.15, -0.1) is 11.3 Å². The SMILES string of the molecule is NCC1CCCN1C(=O)c1cc2c(s1)CCOC2. The zero-order chi connectivity index (χ0) is 12.5. The first-order valence-electron chi connectivity index (χ1n) is 6.50. The molecule has 1 atom stereocenters. The average molecular weight is 266 g/mol. The van der Waals surface area contributed by atoms with Crippen molar-refractivity contribution in [2.75, 3.05) is 19.7 Å². The van der Waals surface area contributed by atoms with Crippen molar-refractivity contribution < 1.29 is 9.53 Å². The molecule has 4 nitrogen and oxygen atoms in total. The highest BCUT2D eigenvalue weighted by molar-refractivity contribution is 7.14. The number of hydrogen-bond acceptors (Lipinski definition) is 4. The zero-order valence-corrected chi connectivity index (χ0v) is 11.2. The molecule has 1 fully saturated rings. The first kappa shape index (κ1) is 12.1. The minimum atomic E-state index is 0.155. The van der Waals surface area contributed by atoms with Gasteiger partial charge in [0.05, 0.1) is 18.1 Å². The molecule has 2 aliphatic heterocycles. The topological polar surface area (TPSA) is 55.6 Å². The van der Waals surface area contributed by atoms with Crippen LogP contribution in [0.2, 0.25) is 0 Å². The lowest BCUT2D eigenvalue weighted by molar-refractivity contribution is 0.0746. The van der Waals surface area contributed by atoms with Crippen LogP contribution in [0.5, 0.6) is 0 Å². The summed E-state index contributed by atoms with van der Waals surface area (Å²) in [4.78, 5) is 16.6. The van der Waals surface area contributed by atoms with Gasteiger partial charge in [-0.3, -0.25) is 4.79 Å². The van der Waals surface area contributed by atoms with E-state index in [1.807, 2.05) is 11.0 Å². The molecule has 0 aliphatic carbocycles. The van der Waals surface area contributed by atoms with Crippen LogP contribution in [0.4, 0.5) is 0 Å². The van der Waals surface area contributed by atoms with Crippen LogP contribution in [-0.4, -0.2) is 36.5 Å². The number of carbonyl (C=O) groups excluding carboxylic acids is 1. The summed E-state index contributed by atoms with van der Waals surface area (Å²) >= 11 is 1.63. The standard InChI is InChI=1S/C13H18N2O2S/c14-7-10-2-1-4-15(10)13(16)12-6-9-8-17-5-3-11(9)18-12/h6,10H,1-5,7-8,14H2. The van der Waals surface area contributed by atoms with Crippen LogP contribution in [0.1, 0.15) is 33.0 Å². The van der Waals surface area contributed by atoms with Crippen LogP contribution in [0.25, 0.3) is 0 Å². The maximum absolute atomic E-state index is 12.5. The molecule has 3 heterocycles. The summed E-state index contributed by atoms with van der Waals surface area (Å²) in [5, 5.41) is 0. The van der Waals surface area contributed by atoms with Gasteiger partial charge in [0.15, 0.2) is 0 Å². The fraction of sp³-hybridized carbons (Fsp3) is 0.615. The molecule has 1 aromatic heterocycles. The monoisotopic (exact) mass is 266 g/mol. The van der Waals surface area contributed by atoms with Gasteiger partial charge in [0.25, 0.3) is 5.91 Å². The molecule has 18 heavy (non-hydrogen) atoms. The lowest BCUT2D eigenvalue weighted by atomic mass is 10.2. The van der Waals surface area contributed by atoms with E-state index in [0.29, 0.717) is 13.2 Å². The number of nitrogens with zero attached hydrogens (tertiary/aromatic N) is 1. The maximum Gasteiger partial charge on any atom is 0.264 e. The van der Waals surface area contributed by atoms with Crippen molar-refractivity contribution >= 4 is 17.2 Å². The lowest BCUT2D eigenvalue weighted by Gasteiger charge is -2.22.